The number of nitrogens with zero attached hydrogens (tertiary/aromatic N) is 1. The third-order valence-corrected chi connectivity index (χ3v) is 4.71. The van der Waals surface area contributed by atoms with Gasteiger partial charge in [-0.05, 0) is 50.9 Å². The van der Waals surface area contributed by atoms with Gasteiger partial charge in [0.25, 0.3) is 0 Å². The predicted molar refractivity (Wildman–Crippen MR) is 77.5 cm³/mol. The van der Waals surface area contributed by atoms with Crippen molar-refractivity contribution in [2.45, 2.75) is 32.7 Å². The summed E-state index contributed by atoms with van der Waals surface area (Å²) in [4.78, 5) is 2.53. The van der Waals surface area contributed by atoms with Gasteiger partial charge in [0.05, 0.1) is 6.61 Å². The van der Waals surface area contributed by atoms with Gasteiger partial charge in [-0.25, -0.2) is 0 Å². The molecule has 2 atom stereocenters. The summed E-state index contributed by atoms with van der Waals surface area (Å²) in [7, 11) is 0. The van der Waals surface area contributed by atoms with E-state index in [-0.39, 0.29) is 6.04 Å². The Morgan fingerprint density at radius 2 is 2.00 bits per heavy atom. The highest BCUT2D eigenvalue weighted by molar-refractivity contribution is 5.48. The fourth-order valence-corrected chi connectivity index (χ4v) is 3.28. The summed E-state index contributed by atoms with van der Waals surface area (Å²) in [6.45, 7) is 8.54. The number of fused-ring (bicyclic) bond motifs is 1. The molecule has 2 aliphatic heterocycles. The third kappa shape index (κ3) is 2.37. The number of benzene rings is 1. The standard InChI is InChI=1S/C16H24N2O/c1-11-5-6-14-15(17)13(9-18-7-3-4-8-18)10-19-16(14)12(11)2/h5-6,13,15H,3-4,7-10,17H2,1-2H3. The molecular formula is C16H24N2O. The van der Waals surface area contributed by atoms with Gasteiger partial charge in [0.1, 0.15) is 5.75 Å². The van der Waals surface area contributed by atoms with Gasteiger partial charge in [0.15, 0.2) is 0 Å². The normalized spacial score (nSPS) is 27.1. The van der Waals surface area contributed by atoms with E-state index in [9.17, 15) is 0 Å². The van der Waals surface area contributed by atoms with Gasteiger partial charge in [-0.2, -0.15) is 0 Å². The Hall–Kier alpha value is -1.06. The highest BCUT2D eigenvalue weighted by Gasteiger charge is 2.31. The number of hydrogen-bond donors (Lipinski definition) is 1. The molecule has 1 saturated heterocycles. The van der Waals surface area contributed by atoms with Crippen LogP contribution in [-0.4, -0.2) is 31.1 Å². The molecule has 0 aliphatic carbocycles. The van der Waals surface area contributed by atoms with Crippen molar-refractivity contribution in [3.05, 3.63) is 28.8 Å². The zero-order valence-electron chi connectivity index (χ0n) is 12.0. The number of nitrogens with two attached hydrogens (primary N) is 1. The zero-order chi connectivity index (χ0) is 13.4. The summed E-state index contributed by atoms with van der Waals surface area (Å²) in [6, 6.07) is 4.43. The minimum absolute atomic E-state index is 0.114. The van der Waals surface area contributed by atoms with Crippen LogP contribution >= 0.6 is 0 Å². The van der Waals surface area contributed by atoms with Crippen molar-refractivity contribution >= 4 is 0 Å². The molecule has 0 amide bonds. The van der Waals surface area contributed by atoms with E-state index < -0.39 is 0 Å². The van der Waals surface area contributed by atoms with Crippen LogP contribution in [0.3, 0.4) is 0 Å². The van der Waals surface area contributed by atoms with E-state index in [1.807, 2.05) is 0 Å². The van der Waals surface area contributed by atoms with Crippen LogP contribution in [0.25, 0.3) is 0 Å². The van der Waals surface area contributed by atoms with Crippen LogP contribution in [0.1, 0.15) is 35.6 Å². The molecule has 0 spiro atoms. The molecule has 104 valence electrons. The molecule has 1 aromatic rings. The van der Waals surface area contributed by atoms with Crippen molar-refractivity contribution in [1.82, 2.24) is 4.90 Å². The average molecular weight is 260 g/mol. The summed E-state index contributed by atoms with van der Waals surface area (Å²) in [5, 5.41) is 0. The van der Waals surface area contributed by atoms with Gasteiger partial charge < -0.3 is 15.4 Å². The second kappa shape index (κ2) is 5.14. The fourth-order valence-electron chi connectivity index (χ4n) is 3.28. The first kappa shape index (κ1) is 12.9. The minimum Gasteiger partial charge on any atom is -0.493 e. The van der Waals surface area contributed by atoms with Crippen molar-refractivity contribution in [2.75, 3.05) is 26.2 Å². The number of rotatable bonds is 2. The van der Waals surface area contributed by atoms with Gasteiger partial charge in [-0.1, -0.05) is 12.1 Å². The molecule has 3 heteroatoms. The van der Waals surface area contributed by atoms with Crippen LogP contribution in [0.2, 0.25) is 0 Å². The van der Waals surface area contributed by atoms with Crippen LogP contribution in [0.5, 0.6) is 5.75 Å². The Bertz CT molecular complexity index is 466. The Morgan fingerprint density at radius 3 is 2.74 bits per heavy atom. The maximum Gasteiger partial charge on any atom is 0.127 e. The number of ether oxygens (including phenoxy) is 1. The van der Waals surface area contributed by atoms with Crippen LogP contribution in [-0.2, 0) is 0 Å². The molecule has 2 unspecified atom stereocenters. The van der Waals surface area contributed by atoms with Gasteiger partial charge in [-0.15, -0.1) is 0 Å². The molecule has 0 aromatic heterocycles. The van der Waals surface area contributed by atoms with Crippen LogP contribution in [0.4, 0.5) is 0 Å². The fraction of sp³-hybridized carbons (Fsp3) is 0.625. The monoisotopic (exact) mass is 260 g/mol. The van der Waals surface area contributed by atoms with Crippen LogP contribution in [0.15, 0.2) is 12.1 Å². The molecule has 2 heterocycles. The molecule has 1 fully saturated rings. The van der Waals surface area contributed by atoms with E-state index in [1.165, 1.54) is 42.6 Å². The van der Waals surface area contributed by atoms with E-state index in [1.54, 1.807) is 0 Å². The lowest BCUT2D eigenvalue weighted by Gasteiger charge is -2.34. The van der Waals surface area contributed by atoms with Gasteiger partial charge in [0, 0.05) is 24.1 Å². The average Bonchev–Trinajstić information content (AvgIpc) is 2.90. The van der Waals surface area contributed by atoms with E-state index >= 15 is 0 Å². The lowest BCUT2D eigenvalue weighted by molar-refractivity contribution is 0.150. The molecule has 1 aromatic carbocycles. The molecule has 3 nitrogen and oxygen atoms in total. The molecule has 2 aliphatic rings. The Labute approximate surface area is 115 Å². The maximum atomic E-state index is 6.48. The Morgan fingerprint density at radius 1 is 1.26 bits per heavy atom. The second-order valence-electron chi connectivity index (χ2n) is 6.03. The summed E-state index contributed by atoms with van der Waals surface area (Å²) in [6.07, 6.45) is 2.66. The number of aryl methyl sites for hydroxylation is 1. The Kier molecular flexibility index (Phi) is 3.50. The summed E-state index contributed by atoms with van der Waals surface area (Å²) in [5.41, 5.74) is 10.2. The smallest absolute Gasteiger partial charge is 0.127 e. The van der Waals surface area contributed by atoms with Crippen LogP contribution < -0.4 is 10.5 Å². The quantitative estimate of drug-likeness (QED) is 0.887. The first-order valence-corrected chi connectivity index (χ1v) is 7.37. The molecule has 3 rings (SSSR count). The molecule has 0 radical (unpaired) electrons. The van der Waals surface area contributed by atoms with E-state index in [2.05, 4.69) is 30.9 Å². The highest BCUT2D eigenvalue weighted by atomic mass is 16.5. The first-order valence-electron chi connectivity index (χ1n) is 7.37. The van der Waals surface area contributed by atoms with E-state index in [4.69, 9.17) is 10.5 Å². The highest BCUT2D eigenvalue weighted by Crippen LogP contribution is 2.38. The molecule has 19 heavy (non-hydrogen) atoms. The lowest BCUT2D eigenvalue weighted by Crippen LogP contribution is -2.39. The van der Waals surface area contributed by atoms with E-state index in [0.29, 0.717) is 5.92 Å². The number of hydrogen-bond acceptors (Lipinski definition) is 3. The first-order chi connectivity index (χ1) is 9.16. The summed E-state index contributed by atoms with van der Waals surface area (Å²) in [5.74, 6) is 1.46. The van der Waals surface area contributed by atoms with Crippen molar-refractivity contribution < 1.29 is 4.74 Å². The maximum absolute atomic E-state index is 6.48. The van der Waals surface area contributed by atoms with Crippen LogP contribution in [0, 0.1) is 19.8 Å². The zero-order valence-corrected chi connectivity index (χ0v) is 12.0. The predicted octanol–water partition coefficient (Wildman–Crippen LogP) is 2.41. The lowest BCUT2D eigenvalue weighted by atomic mass is 9.88. The molecule has 2 N–H and O–H groups in total. The SMILES string of the molecule is Cc1ccc2c(c1C)OCC(CN1CCCC1)C2N. The molecular weight excluding hydrogens is 236 g/mol. The van der Waals surface area contributed by atoms with Gasteiger partial charge >= 0.3 is 0 Å². The third-order valence-electron chi connectivity index (χ3n) is 4.71. The topological polar surface area (TPSA) is 38.5 Å². The van der Waals surface area contributed by atoms with Gasteiger partial charge in [-0.3, -0.25) is 0 Å². The van der Waals surface area contributed by atoms with Crippen molar-refractivity contribution in [3.63, 3.8) is 0 Å². The van der Waals surface area contributed by atoms with Gasteiger partial charge in [0.2, 0.25) is 0 Å². The molecule has 0 saturated carbocycles. The van der Waals surface area contributed by atoms with Crippen molar-refractivity contribution in [1.29, 1.82) is 0 Å². The largest absolute Gasteiger partial charge is 0.493 e. The van der Waals surface area contributed by atoms with E-state index in [0.717, 1.165) is 18.9 Å². The Balaban J connectivity index is 1.79. The van der Waals surface area contributed by atoms with Crippen molar-refractivity contribution in [2.24, 2.45) is 11.7 Å². The van der Waals surface area contributed by atoms with Crippen molar-refractivity contribution in [3.8, 4) is 5.75 Å². The summed E-state index contributed by atoms with van der Waals surface area (Å²) >= 11 is 0. The number of likely N-dealkylation sites (tertiary alicyclic amines) is 1. The second-order valence-corrected chi connectivity index (χ2v) is 6.03. The molecule has 0 bridgehead atoms. The minimum atomic E-state index is 0.114. The summed E-state index contributed by atoms with van der Waals surface area (Å²) < 4.78 is 6.02.